The summed E-state index contributed by atoms with van der Waals surface area (Å²) < 4.78 is 0. The average molecular weight is 262 g/mol. The summed E-state index contributed by atoms with van der Waals surface area (Å²) in [5, 5.41) is 9.42. The van der Waals surface area contributed by atoms with Gasteiger partial charge in [0.05, 0.1) is 6.10 Å². The molecule has 1 heterocycles. The van der Waals surface area contributed by atoms with Crippen LogP contribution >= 0.6 is 0 Å². The molecule has 19 heavy (non-hydrogen) atoms. The van der Waals surface area contributed by atoms with Crippen molar-refractivity contribution in [1.29, 1.82) is 0 Å². The zero-order valence-corrected chi connectivity index (χ0v) is 11.2. The van der Waals surface area contributed by atoms with Crippen LogP contribution in [-0.4, -0.2) is 35.1 Å². The Labute approximate surface area is 114 Å². The first-order chi connectivity index (χ1) is 9.16. The SMILES string of the molecule is NC(CCC(=O)N1CCC(O)CC1)c1ccccc1. The van der Waals surface area contributed by atoms with E-state index in [9.17, 15) is 9.90 Å². The first-order valence-electron chi connectivity index (χ1n) is 6.93. The first-order valence-corrected chi connectivity index (χ1v) is 6.93. The lowest BCUT2D eigenvalue weighted by Gasteiger charge is -2.30. The van der Waals surface area contributed by atoms with Crippen LogP contribution in [0, 0.1) is 0 Å². The van der Waals surface area contributed by atoms with E-state index in [1.807, 2.05) is 35.2 Å². The number of piperidine rings is 1. The number of benzene rings is 1. The van der Waals surface area contributed by atoms with Gasteiger partial charge < -0.3 is 15.7 Å². The zero-order valence-electron chi connectivity index (χ0n) is 11.2. The van der Waals surface area contributed by atoms with Gasteiger partial charge in [0.2, 0.25) is 5.91 Å². The Morgan fingerprint density at radius 1 is 1.32 bits per heavy atom. The summed E-state index contributed by atoms with van der Waals surface area (Å²) in [6.07, 6.45) is 2.29. The molecule has 4 heteroatoms. The molecule has 1 atom stereocenters. The van der Waals surface area contributed by atoms with Gasteiger partial charge in [-0.25, -0.2) is 0 Å². The van der Waals surface area contributed by atoms with E-state index in [2.05, 4.69) is 0 Å². The standard InChI is InChI=1S/C15H22N2O2/c16-14(12-4-2-1-3-5-12)6-7-15(19)17-10-8-13(18)9-11-17/h1-5,13-14,18H,6-11,16H2. The van der Waals surface area contributed by atoms with E-state index in [1.165, 1.54) is 0 Å². The number of nitrogens with zero attached hydrogens (tertiary/aromatic N) is 1. The van der Waals surface area contributed by atoms with Crippen LogP contribution in [0.4, 0.5) is 0 Å². The van der Waals surface area contributed by atoms with Gasteiger partial charge in [-0.2, -0.15) is 0 Å². The Bertz CT molecular complexity index is 400. The molecule has 1 aliphatic rings. The lowest BCUT2D eigenvalue weighted by atomic mass is 10.0. The van der Waals surface area contributed by atoms with Gasteiger partial charge in [-0.3, -0.25) is 4.79 Å². The second-order valence-electron chi connectivity index (χ2n) is 5.17. The fourth-order valence-corrected chi connectivity index (χ4v) is 2.42. The Hall–Kier alpha value is -1.39. The summed E-state index contributed by atoms with van der Waals surface area (Å²) in [7, 11) is 0. The lowest BCUT2D eigenvalue weighted by molar-refractivity contribution is -0.133. The number of aliphatic hydroxyl groups is 1. The summed E-state index contributed by atoms with van der Waals surface area (Å²) in [5.41, 5.74) is 7.16. The Kier molecular flexibility index (Phi) is 4.93. The topological polar surface area (TPSA) is 66.6 Å². The number of carbonyl (C=O) groups excluding carboxylic acids is 1. The van der Waals surface area contributed by atoms with E-state index in [0.29, 0.717) is 38.8 Å². The zero-order chi connectivity index (χ0) is 13.7. The average Bonchev–Trinajstić information content (AvgIpc) is 2.46. The van der Waals surface area contributed by atoms with Crippen molar-refractivity contribution in [3.05, 3.63) is 35.9 Å². The molecular weight excluding hydrogens is 240 g/mol. The van der Waals surface area contributed by atoms with Gasteiger partial charge in [0, 0.05) is 25.6 Å². The van der Waals surface area contributed by atoms with Crippen molar-refractivity contribution in [2.45, 2.75) is 37.8 Å². The lowest BCUT2D eigenvalue weighted by Crippen LogP contribution is -2.40. The van der Waals surface area contributed by atoms with Crippen LogP contribution in [0.5, 0.6) is 0 Å². The predicted octanol–water partition coefficient (Wildman–Crippen LogP) is 1.45. The molecule has 0 aromatic heterocycles. The maximum atomic E-state index is 12.0. The monoisotopic (exact) mass is 262 g/mol. The molecule has 1 unspecified atom stereocenters. The van der Waals surface area contributed by atoms with Crippen LogP contribution < -0.4 is 5.73 Å². The van der Waals surface area contributed by atoms with Crippen molar-refractivity contribution in [3.8, 4) is 0 Å². The fraction of sp³-hybridized carbons (Fsp3) is 0.533. The van der Waals surface area contributed by atoms with Crippen molar-refractivity contribution >= 4 is 5.91 Å². The number of aliphatic hydroxyl groups excluding tert-OH is 1. The highest BCUT2D eigenvalue weighted by atomic mass is 16.3. The molecule has 0 saturated carbocycles. The van der Waals surface area contributed by atoms with Gasteiger partial charge >= 0.3 is 0 Å². The van der Waals surface area contributed by atoms with E-state index in [0.717, 1.165) is 5.56 Å². The molecule has 4 nitrogen and oxygen atoms in total. The Balaban J connectivity index is 1.77. The first kappa shape index (κ1) is 14.0. The van der Waals surface area contributed by atoms with Gasteiger partial charge in [0.15, 0.2) is 0 Å². The molecule has 104 valence electrons. The predicted molar refractivity (Wildman–Crippen MR) is 74.4 cm³/mol. The van der Waals surface area contributed by atoms with Gasteiger partial charge in [-0.05, 0) is 24.8 Å². The van der Waals surface area contributed by atoms with Crippen molar-refractivity contribution in [1.82, 2.24) is 4.90 Å². The summed E-state index contributed by atoms with van der Waals surface area (Å²) in [4.78, 5) is 13.9. The van der Waals surface area contributed by atoms with E-state index >= 15 is 0 Å². The third-order valence-corrected chi connectivity index (χ3v) is 3.71. The molecule has 1 aromatic rings. The molecule has 1 fully saturated rings. The number of nitrogens with two attached hydrogens (primary N) is 1. The summed E-state index contributed by atoms with van der Waals surface area (Å²) in [6.45, 7) is 1.33. The number of hydrogen-bond donors (Lipinski definition) is 2. The molecular formula is C15H22N2O2. The highest BCUT2D eigenvalue weighted by Gasteiger charge is 2.21. The van der Waals surface area contributed by atoms with Crippen molar-refractivity contribution < 1.29 is 9.90 Å². The highest BCUT2D eigenvalue weighted by molar-refractivity contribution is 5.76. The number of hydrogen-bond acceptors (Lipinski definition) is 3. The van der Waals surface area contributed by atoms with Crippen LogP contribution in [0.3, 0.4) is 0 Å². The van der Waals surface area contributed by atoms with Crippen molar-refractivity contribution in [3.63, 3.8) is 0 Å². The van der Waals surface area contributed by atoms with Crippen LogP contribution in [-0.2, 0) is 4.79 Å². The van der Waals surface area contributed by atoms with Crippen LogP contribution in [0.25, 0.3) is 0 Å². The van der Waals surface area contributed by atoms with Crippen LogP contribution in [0.15, 0.2) is 30.3 Å². The molecule has 1 amide bonds. The van der Waals surface area contributed by atoms with Gasteiger partial charge in [-0.1, -0.05) is 30.3 Å². The Morgan fingerprint density at radius 3 is 2.58 bits per heavy atom. The van der Waals surface area contributed by atoms with E-state index in [4.69, 9.17) is 5.73 Å². The number of rotatable bonds is 4. The van der Waals surface area contributed by atoms with Crippen LogP contribution in [0.2, 0.25) is 0 Å². The maximum Gasteiger partial charge on any atom is 0.222 e. The third-order valence-electron chi connectivity index (χ3n) is 3.71. The molecule has 0 aliphatic carbocycles. The van der Waals surface area contributed by atoms with Gasteiger partial charge in [-0.15, -0.1) is 0 Å². The minimum Gasteiger partial charge on any atom is -0.393 e. The minimum atomic E-state index is -0.240. The van der Waals surface area contributed by atoms with Crippen molar-refractivity contribution in [2.75, 3.05) is 13.1 Å². The summed E-state index contributed by atoms with van der Waals surface area (Å²) in [5.74, 6) is 0.151. The number of amides is 1. The molecule has 1 saturated heterocycles. The molecule has 0 spiro atoms. The molecule has 0 radical (unpaired) electrons. The highest BCUT2D eigenvalue weighted by Crippen LogP contribution is 2.17. The van der Waals surface area contributed by atoms with E-state index in [1.54, 1.807) is 0 Å². The second-order valence-corrected chi connectivity index (χ2v) is 5.17. The van der Waals surface area contributed by atoms with E-state index < -0.39 is 0 Å². The summed E-state index contributed by atoms with van der Waals surface area (Å²) >= 11 is 0. The molecule has 2 rings (SSSR count). The molecule has 0 bridgehead atoms. The second kappa shape index (κ2) is 6.68. The fourth-order valence-electron chi connectivity index (χ4n) is 2.42. The summed E-state index contributed by atoms with van der Waals surface area (Å²) in [6, 6.07) is 9.78. The maximum absolute atomic E-state index is 12.0. The van der Waals surface area contributed by atoms with Gasteiger partial charge in [0.25, 0.3) is 0 Å². The minimum absolute atomic E-state index is 0.0828. The van der Waals surface area contributed by atoms with Crippen LogP contribution in [0.1, 0.15) is 37.3 Å². The molecule has 1 aliphatic heterocycles. The smallest absolute Gasteiger partial charge is 0.222 e. The normalized spacial score (nSPS) is 18.3. The molecule has 1 aromatic carbocycles. The number of carbonyl (C=O) groups is 1. The van der Waals surface area contributed by atoms with E-state index in [-0.39, 0.29) is 18.1 Å². The molecule has 3 N–H and O–H groups in total. The quantitative estimate of drug-likeness (QED) is 0.863. The number of likely N-dealkylation sites (tertiary alicyclic amines) is 1. The van der Waals surface area contributed by atoms with Crippen molar-refractivity contribution in [2.24, 2.45) is 5.73 Å². The largest absolute Gasteiger partial charge is 0.393 e. The third kappa shape index (κ3) is 4.04. The van der Waals surface area contributed by atoms with Gasteiger partial charge in [0.1, 0.15) is 0 Å². The Morgan fingerprint density at radius 2 is 1.95 bits per heavy atom.